The minimum absolute atomic E-state index is 0.110. The van der Waals surface area contributed by atoms with Crippen LogP contribution in [0.25, 0.3) is 0 Å². The van der Waals surface area contributed by atoms with Crippen LogP contribution in [0.15, 0.2) is 0 Å². The molecule has 0 fully saturated rings. The Labute approximate surface area is 91.8 Å². The molecule has 0 bridgehead atoms. The number of rotatable bonds is 9. The first-order chi connectivity index (χ1) is 6.81. The first kappa shape index (κ1) is 13.8. The second kappa shape index (κ2) is 10.9. The standard InChI is InChI=1S/C11H22O2S/c1-3-4-5-6-7-8-9-14-10-11(12)13-2/h3-10H2,1-2H3. The Morgan fingerprint density at radius 2 is 1.79 bits per heavy atom. The number of thioether (sulfide) groups is 1. The molecule has 0 aliphatic carbocycles. The summed E-state index contributed by atoms with van der Waals surface area (Å²) in [4.78, 5) is 10.7. The summed E-state index contributed by atoms with van der Waals surface area (Å²) in [5.41, 5.74) is 0. The molecule has 0 aromatic carbocycles. The summed E-state index contributed by atoms with van der Waals surface area (Å²) in [6, 6.07) is 0. The Morgan fingerprint density at radius 1 is 1.14 bits per heavy atom. The van der Waals surface area contributed by atoms with Gasteiger partial charge in [0.2, 0.25) is 0 Å². The molecule has 2 nitrogen and oxygen atoms in total. The van der Waals surface area contributed by atoms with Crippen molar-refractivity contribution in [2.45, 2.75) is 45.4 Å². The van der Waals surface area contributed by atoms with E-state index < -0.39 is 0 Å². The fourth-order valence-corrected chi connectivity index (χ4v) is 2.04. The lowest BCUT2D eigenvalue weighted by Gasteiger charge is -2.00. The summed E-state index contributed by atoms with van der Waals surface area (Å²) in [6.07, 6.45) is 7.89. The minimum Gasteiger partial charge on any atom is -0.468 e. The Hall–Kier alpha value is -0.180. The lowest BCUT2D eigenvalue weighted by Crippen LogP contribution is -2.03. The zero-order chi connectivity index (χ0) is 10.6. The molecule has 14 heavy (non-hydrogen) atoms. The average Bonchev–Trinajstić information content (AvgIpc) is 2.21. The number of carbonyl (C=O) groups excluding carboxylic acids is 1. The van der Waals surface area contributed by atoms with Crippen LogP contribution in [0.4, 0.5) is 0 Å². The third-order valence-electron chi connectivity index (χ3n) is 2.09. The number of esters is 1. The van der Waals surface area contributed by atoms with Gasteiger partial charge in [0.15, 0.2) is 0 Å². The Kier molecular flexibility index (Phi) is 10.8. The molecule has 0 spiro atoms. The zero-order valence-electron chi connectivity index (χ0n) is 9.38. The quantitative estimate of drug-likeness (QED) is 0.439. The first-order valence-electron chi connectivity index (χ1n) is 5.45. The number of ether oxygens (including phenoxy) is 1. The SMILES string of the molecule is CCCCCCCCSCC(=O)OC. The van der Waals surface area contributed by atoms with Crippen molar-refractivity contribution >= 4 is 17.7 Å². The number of unbranched alkanes of at least 4 members (excludes halogenated alkanes) is 5. The van der Waals surface area contributed by atoms with Gasteiger partial charge in [-0.2, -0.15) is 11.8 Å². The highest BCUT2D eigenvalue weighted by atomic mass is 32.2. The second-order valence-electron chi connectivity index (χ2n) is 3.40. The summed E-state index contributed by atoms with van der Waals surface area (Å²) >= 11 is 1.68. The molecule has 0 N–H and O–H groups in total. The van der Waals surface area contributed by atoms with Crippen LogP contribution in [0, 0.1) is 0 Å². The zero-order valence-corrected chi connectivity index (χ0v) is 10.2. The third kappa shape index (κ3) is 9.90. The maximum Gasteiger partial charge on any atom is 0.315 e. The summed E-state index contributed by atoms with van der Waals surface area (Å²) in [7, 11) is 1.44. The van der Waals surface area contributed by atoms with E-state index in [9.17, 15) is 4.79 Å². The lowest BCUT2D eigenvalue weighted by molar-refractivity contribution is -0.137. The fraction of sp³-hybridized carbons (Fsp3) is 0.909. The van der Waals surface area contributed by atoms with Gasteiger partial charge in [-0.05, 0) is 12.2 Å². The first-order valence-corrected chi connectivity index (χ1v) is 6.61. The van der Waals surface area contributed by atoms with Crippen molar-refractivity contribution < 1.29 is 9.53 Å². The largest absolute Gasteiger partial charge is 0.468 e. The van der Waals surface area contributed by atoms with Crippen LogP contribution in [0.1, 0.15) is 45.4 Å². The van der Waals surface area contributed by atoms with Crippen LogP contribution in [0.3, 0.4) is 0 Å². The van der Waals surface area contributed by atoms with Crippen LogP contribution < -0.4 is 0 Å². The normalized spacial score (nSPS) is 10.1. The lowest BCUT2D eigenvalue weighted by atomic mass is 10.1. The van der Waals surface area contributed by atoms with Crippen LogP contribution >= 0.6 is 11.8 Å². The molecule has 0 saturated heterocycles. The summed E-state index contributed by atoms with van der Waals surface area (Å²) < 4.78 is 4.55. The monoisotopic (exact) mass is 218 g/mol. The van der Waals surface area contributed by atoms with Crippen molar-refractivity contribution in [3.05, 3.63) is 0 Å². The van der Waals surface area contributed by atoms with Crippen molar-refractivity contribution in [3.63, 3.8) is 0 Å². The van der Waals surface area contributed by atoms with Gasteiger partial charge < -0.3 is 4.74 Å². The van der Waals surface area contributed by atoms with Gasteiger partial charge in [0.25, 0.3) is 0 Å². The Balaban J connectivity index is 2.95. The van der Waals surface area contributed by atoms with Gasteiger partial charge in [0.05, 0.1) is 12.9 Å². The highest BCUT2D eigenvalue weighted by Gasteiger charge is 1.98. The molecular weight excluding hydrogens is 196 g/mol. The topological polar surface area (TPSA) is 26.3 Å². The number of methoxy groups -OCH3 is 1. The summed E-state index contributed by atoms with van der Waals surface area (Å²) in [5, 5.41) is 0. The molecule has 0 aromatic rings. The molecule has 84 valence electrons. The van der Waals surface area contributed by atoms with Crippen molar-refractivity contribution in [1.29, 1.82) is 0 Å². The predicted molar refractivity (Wildman–Crippen MR) is 62.7 cm³/mol. The van der Waals surface area contributed by atoms with Gasteiger partial charge in [-0.15, -0.1) is 0 Å². The third-order valence-corrected chi connectivity index (χ3v) is 3.11. The van der Waals surface area contributed by atoms with Gasteiger partial charge >= 0.3 is 5.97 Å². The van der Waals surface area contributed by atoms with Gasteiger partial charge in [0.1, 0.15) is 0 Å². The van der Waals surface area contributed by atoms with E-state index in [2.05, 4.69) is 11.7 Å². The molecule has 0 aromatic heterocycles. The van der Waals surface area contributed by atoms with Crippen molar-refractivity contribution in [1.82, 2.24) is 0 Å². The average molecular weight is 218 g/mol. The molecule has 3 heteroatoms. The van der Waals surface area contributed by atoms with Crippen LogP contribution in [-0.2, 0) is 9.53 Å². The van der Waals surface area contributed by atoms with Crippen LogP contribution in [-0.4, -0.2) is 24.6 Å². The van der Waals surface area contributed by atoms with E-state index in [0.29, 0.717) is 5.75 Å². The van der Waals surface area contributed by atoms with Gasteiger partial charge in [0, 0.05) is 0 Å². The smallest absolute Gasteiger partial charge is 0.315 e. The molecule has 0 aliphatic heterocycles. The van der Waals surface area contributed by atoms with Crippen molar-refractivity contribution in [2.75, 3.05) is 18.6 Å². The minimum atomic E-state index is -0.110. The number of carbonyl (C=O) groups is 1. The highest BCUT2D eigenvalue weighted by Crippen LogP contribution is 2.09. The summed E-state index contributed by atoms with van der Waals surface area (Å²) in [6.45, 7) is 2.23. The van der Waals surface area contributed by atoms with E-state index in [1.807, 2.05) is 0 Å². The Bertz CT molecular complexity index is 137. The number of hydrogen-bond donors (Lipinski definition) is 0. The maximum absolute atomic E-state index is 10.7. The molecule has 0 rings (SSSR count). The van der Waals surface area contributed by atoms with Gasteiger partial charge in [-0.25, -0.2) is 0 Å². The van der Waals surface area contributed by atoms with Crippen LogP contribution in [0.5, 0.6) is 0 Å². The maximum atomic E-state index is 10.7. The van der Waals surface area contributed by atoms with E-state index in [0.717, 1.165) is 5.75 Å². The predicted octanol–water partition coefficient (Wildman–Crippen LogP) is 3.25. The van der Waals surface area contributed by atoms with E-state index in [1.165, 1.54) is 45.6 Å². The fourth-order valence-electron chi connectivity index (χ4n) is 1.20. The molecule has 0 radical (unpaired) electrons. The van der Waals surface area contributed by atoms with E-state index in [4.69, 9.17) is 0 Å². The molecule has 0 aliphatic rings. The van der Waals surface area contributed by atoms with Crippen molar-refractivity contribution in [2.24, 2.45) is 0 Å². The van der Waals surface area contributed by atoms with E-state index in [-0.39, 0.29) is 5.97 Å². The van der Waals surface area contributed by atoms with Gasteiger partial charge in [-0.3, -0.25) is 4.79 Å². The number of hydrogen-bond acceptors (Lipinski definition) is 3. The molecule has 0 amide bonds. The molecule has 0 unspecified atom stereocenters. The molecule has 0 atom stereocenters. The van der Waals surface area contributed by atoms with Crippen LogP contribution in [0.2, 0.25) is 0 Å². The van der Waals surface area contributed by atoms with E-state index in [1.54, 1.807) is 11.8 Å². The van der Waals surface area contributed by atoms with E-state index >= 15 is 0 Å². The molecular formula is C11H22O2S. The van der Waals surface area contributed by atoms with Crippen molar-refractivity contribution in [3.8, 4) is 0 Å². The molecule has 0 saturated carbocycles. The highest BCUT2D eigenvalue weighted by molar-refractivity contribution is 7.99. The van der Waals surface area contributed by atoms with Gasteiger partial charge in [-0.1, -0.05) is 39.0 Å². The molecule has 0 heterocycles. The summed E-state index contributed by atoms with van der Waals surface area (Å²) in [5.74, 6) is 1.48. The second-order valence-corrected chi connectivity index (χ2v) is 4.50. The Morgan fingerprint density at radius 3 is 2.43 bits per heavy atom.